The van der Waals surface area contributed by atoms with Crippen molar-refractivity contribution in [1.29, 1.82) is 0 Å². The van der Waals surface area contributed by atoms with Crippen molar-refractivity contribution in [2.24, 2.45) is 0 Å². The SMILES string of the molecule is CNc1cc(-c2cccnc2)nn1-c1ccccc1. The minimum absolute atomic E-state index is 0.904. The van der Waals surface area contributed by atoms with Crippen LogP contribution in [0.25, 0.3) is 16.9 Å². The Hall–Kier alpha value is -2.62. The summed E-state index contributed by atoms with van der Waals surface area (Å²) < 4.78 is 1.89. The van der Waals surface area contributed by atoms with Gasteiger partial charge in [-0.05, 0) is 24.3 Å². The molecule has 0 aliphatic heterocycles. The summed E-state index contributed by atoms with van der Waals surface area (Å²) >= 11 is 0. The standard InChI is InChI=1S/C15H14N4/c1-16-15-10-14(12-6-5-9-17-11-12)18-19(15)13-7-3-2-4-8-13/h2-11,16H,1H3. The van der Waals surface area contributed by atoms with E-state index in [4.69, 9.17) is 0 Å². The van der Waals surface area contributed by atoms with E-state index in [2.05, 4.69) is 15.4 Å². The number of para-hydroxylation sites is 1. The molecule has 19 heavy (non-hydrogen) atoms. The van der Waals surface area contributed by atoms with Gasteiger partial charge in [-0.15, -0.1) is 0 Å². The lowest BCUT2D eigenvalue weighted by molar-refractivity contribution is 0.889. The smallest absolute Gasteiger partial charge is 0.130 e. The number of hydrogen-bond donors (Lipinski definition) is 1. The van der Waals surface area contributed by atoms with Crippen LogP contribution in [0.15, 0.2) is 60.9 Å². The lowest BCUT2D eigenvalue weighted by Crippen LogP contribution is -2.01. The normalized spacial score (nSPS) is 10.4. The van der Waals surface area contributed by atoms with E-state index in [1.165, 1.54) is 0 Å². The summed E-state index contributed by atoms with van der Waals surface area (Å²) in [4.78, 5) is 4.13. The monoisotopic (exact) mass is 250 g/mol. The molecule has 4 heteroatoms. The largest absolute Gasteiger partial charge is 0.373 e. The van der Waals surface area contributed by atoms with Crippen molar-refractivity contribution in [2.45, 2.75) is 0 Å². The third-order valence-corrected chi connectivity index (χ3v) is 2.92. The first-order valence-corrected chi connectivity index (χ1v) is 6.12. The molecule has 2 aromatic heterocycles. The first-order chi connectivity index (χ1) is 9.38. The minimum atomic E-state index is 0.904. The van der Waals surface area contributed by atoms with Crippen LogP contribution in [0.5, 0.6) is 0 Å². The van der Waals surface area contributed by atoms with Gasteiger partial charge in [-0.1, -0.05) is 18.2 Å². The summed E-state index contributed by atoms with van der Waals surface area (Å²) in [6, 6.07) is 16.0. The van der Waals surface area contributed by atoms with Gasteiger partial charge in [0.1, 0.15) is 5.82 Å². The quantitative estimate of drug-likeness (QED) is 0.777. The molecule has 2 heterocycles. The number of rotatable bonds is 3. The van der Waals surface area contributed by atoms with Crippen LogP contribution >= 0.6 is 0 Å². The van der Waals surface area contributed by atoms with Crippen LogP contribution in [0.1, 0.15) is 0 Å². The van der Waals surface area contributed by atoms with E-state index in [-0.39, 0.29) is 0 Å². The van der Waals surface area contributed by atoms with Crippen molar-refractivity contribution in [2.75, 3.05) is 12.4 Å². The highest BCUT2D eigenvalue weighted by Gasteiger charge is 2.09. The van der Waals surface area contributed by atoms with Crippen LogP contribution in [0, 0.1) is 0 Å². The molecule has 0 amide bonds. The van der Waals surface area contributed by atoms with Crippen molar-refractivity contribution < 1.29 is 0 Å². The summed E-state index contributed by atoms with van der Waals surface area (Å²) in [5.41, 5.74) is 2.94. The van der Waals surface area contributed by atoms with Crippen molar-refractivity contribution in [3.63, 3.8) is 0 Å². The number of nitrogens with one attached hydrogen (secondary N) is 1. The first-order valence-electron chi connectivity index (χ1n) is 6.12. The summed E-state index contributed by atoms with van der Waals surface area (Å²) in [6.45, 7) is 0. The summed E-state index contributed by atoms with van der Waals surface area (Å²) in [7, 11) is 1.89. The zero-order chi connectivity index (χ0) is 13.1. The van der Waals surface area contributed by atoms with E-state index in [9.17, 15) is 0 Å². The van der Waals surface area contributed by atoms with E-state index in [0.29, 0.717) is 0 Å². The van der Waals surface area contributed by atoms with Crippen LogP contribution in [-0.2, 0) is 0 Å². The molecular weight excluding hydrogens is 236 g/mol. The second-order valence-electron chi connectivity index (χ2n) is 4.15. The molecule has 0 aliphatic rings. The van der Waals surface area contributed by atoms with Crippen LogP contribution in [0.4, 0.5) is 5.82 Å². The maximum Gasteiger partial charge on any atom is 0.130 e. The molecule has 0 unspecified atom stereocenters. The predicted molar refractivity (Wildman–Crippen MR) is 76.3 cm³/mol. The third kappa shape index (κ3) is 2.20. The molecular formula is C15H14N4. The Balaban J connectivity index is 2.09. The Morgan fingerprint density at radius 2 is 1.89 bits per heavy atom. The van der Waals surface area contributed by atoms with E-state index >= 15 is 0 Å². The topological polar surface area (TPSA) is 42.7 Å². The molecule has 0 aliphatic carbocycles. The fourth-order valence-electron chi connectivity index (χ4n) is 1.98. The average Bonchev–Trinajstić information content (AvgIpc) is 2.93. The maximum atomic E-state index is 4.64. The molecule has 0 bridgehead atoms. The number of benzene rings is 1. The minimum Gasteiger partial charge on any atom is -0.373 e. The van der Waals surface area contributed by atoms with Crippen molar-refractivity contribution >= 4 is 5.82 Å². The van der Waals surface area contributed by atoms with Gasteiger partial charge in [0.25, 0.3) is 0 Å². The summed E-state index contributed by atoms with van der Waals surface area (Å²) in [6.07, 6.45) is 3.58. The lowest BCUT2D eigenvalue weighted by atomic mass is 10.2. The van der Waals surface area contributed by atoms with E-state index in [0.717, 1.165) is 22.8 Å². The van der Waals surface area contributed by atoms with Crippen molar-refractivity contribution in [3.8, 4) is 16.9 Å². The molecule has 0 spiro atoms. The van der Waals surface area contributed by atoms with Gasteiger partial charge in [-0.2, -0.15) is 5.10 Å². The average molecular weight is 250 g/mol. The highest BCUT2D eigenvalue weighted by Crippen LogP contribution is 2.23. The van der Waals surface area contributed by atoms with Crippen molar-refractivity contribution in [3.05, 3.63) is 60.9 Å². The molecule has 1 aromatic carbocycles. The Morgan fingerprint density at radius 3 is 2.58 bits per heavy atom. The van der Waals surface area contributed by atoms with Gasteiger partial charge >= 0.3 is 0 Å². The number of nitrogens with zero attached hydrogens (tertiary/aromatic N) is 3. The molecule has 0 radical (unpaired) electrons. The Kier molecular flexibility index (Phi) is 2.98. The van der Waals surface area contributed by atoms with Gasteiger partial charge in [0.15, 0.2) is 0 Å². The van der Waals surface area contributed by atoms with Gasteiger partial charge < -0.3 is 5.32 Å². The number of aromatic nitrogens is 3. The van der Waals surface area contributed by atoms with Gasteiger partial charge in [-0.25, -0.2) is 4.68 Å². The number of hydrogen-bond acceptors (Lipinski definition) is 3. The number of anilines is 1. The molecule has 3 aromatic rings. The van der Waals surface area contributed by atoms with Crippen LogP contribution in [0.2, 0.25) is 0 Å². The Bertz CT molecular complexity index is 659. The molecule has 0 saturated heterocycles. The highest BCUT2D eigenvalue weighted by molar-refractivity contribution is 5.63. The molecule has 0 atom stereocenters. The second-order valence-corrected chi connectivity index (χ2v) is 4.15. The molecule has 0 fully saturated rings. The van der Waals surface area contributed by atoms with E-state index in [1.807, 2.05) is 66.5 Å². The maximum absolute atomic E-state index is 4.64. The summed E-state index contributed by atoms with van der Waals surface area (Å²) in [5.74, 6) is 0.949. The predicted octanol–water partition coefficient (Wildman–Crippen LogP) is 2.98. The van der Waals surface area contributed by atoms with Crippen LogP contribution in [-0.4, -0.2) is 21.8 Å². The fraction of sp³-hybridized carbons (Fsp3) is 0.0667. The van der Waals surface area contributed by atoms with Crippen LogP contribution in [0.3, 0.4) is 0 Å². The van der Waals surface area contributed by atoms with Gasteiger partial charge in [0.05, 0.1) is 11.4 Å². The first kappa shape index (κ1) is 11.5. The molecule has 3 rings (SSSR count). The zero-order valence-corrected chi connectivity index (χ0v) is 10.6. The Morgan fingerprint density at radius 1 is 1.05 bits per heavy atom. The molecule has 1 N–H and O–H groups in total. The highest BCUT2D eigenvalue weighted by atomic mass is 15.3. The third-order valence-electron chi connectivity index (χ3n) is 2.92. The fourth-order valence-corrected chi connectivity index (χ4v) is 1.98. The van der Waals surface area contributed by atoms with E-state index in [1.54, 1.807) is 6.20 Å². The van der Waals surface area contributed by atoms with Gasteiger partial charge in [0, 0.05) is 31.1 Å². The number of pyridine rings is 1. The molecule has 0 saturated carbocycles. The zero-order valence-electron chi connectivity index (χ0n) is 10.6. The van der Waals surface area contributed by atoms with Crippen LogP contribution < -0.4 is 5.32 Å². The molecule has 94 valence electrons. The second kappa shape index (κ2) is 4.94. The van der Waals surface area contributed by atoms with Gasteiger partial charge in [0.2, 0.25) is 0 Å². The van der Waals surface area contributed by atoms with Gasteiger partial charge in [-0.3, -0.25) is 4.98 Å². The van der Waals surface area contributed by atoms with E-state index < -0.39 is 0 Å². The molecule has 4 nitrogen and oxygen atoms in total. The Labute approximate surface area is 111 Å². The lowest BCUT2D eigenvalue weighted by Gasteiger charge is -2.05. The van der Waals surface area contributed by atoms with Crippen molar-refractivity contribution in [1.82, 2.24) is 14.8 Å². The summed E-state index contributed by atoms with van der Waals surface area (Å²) in [5, 5.41) is 7.80.